The van der Waals surface area contributed by atoms with Gasteiger partial charge in [0.15, 0.2) is 0 Å². The number of para-hydroxylation sites is 1. The van der Waals surface area contributed by atoms with E-state index < -0.39 is 0 Å². The molecule has 26 heavy (non-hydrogen) atoms. The highest BCUT2D eigenvalue weighted by Gasteiger charge is 2.16. The number of ether oxygens (including phenoxy) is 2. The highest BCUT2D eigenvalue weighted by Crippen LogP contribution is 2.24. The molecular weight excluding hydrogens is 348 g/mol. The van der Waals surface area contributed by atoms with Gasteiger partial charge in [-0.15, -0.1) is 11.3 Å². The van der Waals surface area contributed by atoms with E-state index in [-0.39, 0.29) is 5.91 Å². The smallest absolute Gasteiger partial charge is 0.253 e. The lowest BCUT2D eigenvalue weighted by atomic mass is 10.1. The van der Waals surface area contributed by atoms with Crippen molar-refractivity contribution in [3.05, 3.63) is 58.6 Å². The fourth-order valence-electron chi connectivity index (χ4n) is 2.72. The summed E-state index contributed by atoms with van der Waals surface area (Å²) in [6, 6.07) is 13.4. The Morgan fingerprint density at radius 1 is 1.23 bits per heavy atom. The third kappa shape index (κ3) is 4.03. The Morgan fingerprint density at radius 2 is 2.04 bits per heavy atom. The Hall–Kier alpha value is -2.44. The van der Waals surface area contributed by atoms with Crippen molar-refractivity contribution >= 4 is 27.5 Å². The average Bonchev–Trinajstić information content (AvgIpc) is 3.07. The van der Waals surface area contributed by atoms with Gasteiger partial charge in [-0.2, -0.15) is 0 Å². The second-order valence-electron chi connectivity index (χ2n) is 5.90. The Kier molecular flexibility index (Phi) is 5.85. The molecule has 0 spiro atoms. The maximum absolute atomic E-state index is 12.8. The quantitative estimate of drug-likeness (QED) is 0.628. The molecule has 0 saturated heterocycles. The van der Waals surface area contributed by atoms with Gasteiger partial charge in [0.2, 0.25) is 0 Å². The van der Waals surface area contributed by atoms with Gasteiger partial charge in [0, 0.05) is 24.8 Å². The molecule has 1 amide bonds. The van der Waals surface area contributed by atoms with Crippen LogP contribution in [0.3, 0.4) is 0 Å². The molecule has 0 fully saturated rings. The molecule has 0 unspecified atom stereocenters. The Balaban J connectivity index is 1.76. The summed E-state index contributed by atoms with van der Waals surface area (Å²) in [5.41, 5.74) is 2.45. The van der Waals surface area contributed by atoms with Crippen LogP contribution in [0.2, 0.25) is 0 Å². The largest absolute Gasteiger partial charge is 0.496 e. The summed E-state index contributed by atoms with van der Waals surface area (Å²) >= 11 is 1.61. The minimum Gasteiger partial charge on any atom is -0.496 e. The summed E-state index contributed by atoms with van der Waals surface area (Å²) in [5.74, 6) is 0.675. The zero-order valence-electron chi connectivity index (χ0n) is 15.2. The van der Waals surface area contributed by atoms with Gasteiger partial charge in [0.05, 0.1) is 30.5 Å². The Labute approximate surface area is 157 Å². The summed E-state index contributed by atoms with van der Waals surface area (Å²) in [6.07, 6.45) is 0. The van der Waals surface area contributed by atoms with E-state index in [0.29, 0.717) is 25.3 Å². The zero-order valence-corrected chi connectivity index (χ0v) is 16.0. The third-order valence-electron chi connectivity index (χ3n) is 4.05. The van der Waals surface area contributed by atoms with Gasteiger partial charge in [-0.05, 0) is 37.3 Å². The van der Waals surface area contributed by atoms with Crippen LogP contribution in [0.25, 0.3) is 10.2 Å². The van der Waals surface area contributed by atoms with Gasteiger partial charge in [0.25, 0.3) is 5.91 Å². The molecule has 6 heteroatoms. The molecule has 0 aliphatic rings. The molecule has 1 aromatic heterocycles. The number of nitrogens with zero attached hydrogens (tertiary/aromatic N) is 2. The van der Waals surface area contributed by atoms with Crippen LogP contribution in [0.15, 0.2) is 42.5 Å². The molecule has 0 aliphatic carbocycles. The van der Waals surface area contributed by atoms with Crippen molar-refractivity contribution in [3.63, 3.8) is 0 Å². The van der Waals surface area contributed by atoms with E-state index in [1.54, 1.807) is 36.5 Å². The van der Waals surface area contributed by atoms with Gasteiger partial charge in [-0.1, -0.05) is 12.1 Å². The normalized spacial score (nSPS) is 10.9. The Morgan fingerprint density at radius 3 is 2.77 bits per heavy atom. The molecule has 0 saturated carbocycles. The monoisotopic (exact) mass is 370 g/mol. The molecule has 1 heterocycles. The maximum atomic E-state index is 12.8. The van der Waals surface area contributed by atoms with Crippen molar-refractivity contribution in [2.75, 3.05) is 20.8 Å². The molecule has 0 N–H and O–H groups in total. The number of carbonyl (C=O) groups excluding carboxylic acids is 1. The molecular formula is C20H22N2O3S. The number of rotatable bonds is 7. The lowest BCUT2D eigenvalue weighted by Crippen LogP contribution is -2.26. The predicted octanol–water partition coefficient (Wildman–Crippen LogP) is 4.11. The molecule has 5 nitrogen and oxygen atoms in total. The number of benzene rings is 2. The number of carbonyl (C=O) groups is 1. The van der Waals surface area contributed by atoms with Crippen LogP contribution in [0.1, 0.15) is 27.9 Å². The first kappa shape index (κ1) is 18.4. The van der Waals surface area contributed by atoms with Gasteiger partial charge in [0.1, 0.15) is 10.8 Å². The standard InChI is InChI=1S/C20H22N2O3S/c1-4-25-13-15-11-14(9-10-17(15)24-3)20(23)22(2)12-19-21-16-7-5-6-8-18(16)26-19/h5-11H,4,12-13H2,1-3H3. The first-order chi connectivity index (χ1) is 12.6. The second-order valence-corrected chi connectivity index (χ2v) is 7.02. The lowest BCUT2D eigenvalue weighted by Gasteiger charge is -2.17. The highest BCUT2D eigenvalue weighted by molar-refractivity contribution is 7.18. The molecule has 136 valence electrons. The van der Waals surface area contributed by atoms with Crippen LogP contribution < -0.4 is 4.74 Å². The number of methoxy groups -OCH3 is 1. The summed E-state index contributed by atoms with van der Waals surface area (Å²) in [6.45, 7) is 3.44. The van der Waals surface area contributed by atoms with Crippen LogP contribution in [0.4, 0.5) is 0 Å². The third-order valence-corrected chi connectivity index (χ3v) is 5.07. The molecule has 2 aromatic carbocycles. The van der Waals surface area contributed by atoms with Gasteiger partial charge < -0.3 is 14.4 Å². The van der Waals surface area contributed by atoms with Crippen LogP contribution in [-0.4, -0.2) is 36.6 Å². The topological polar surface area (TPSA) is 51.7 Å². The van der Waals surface area contributed by atoms with Crippen molar-refractivity contribution < 1.29 is 14.3 Å². The number of aromatic nitrogens is 1. The summed E-state index contributed by atoms with van der Waals surface area (Å²) in [5, 5.41) is 0.921. The van der Waals surface area contributed by atoms with E-state index in [4.69, 9.17) is 9.47 Å². The minimum absolute atomic E-state index is 0.0512. The fourth-order valence-corrected chi connectivity index (χ4v) is 3.74. The van der Waals surface area contributed by atoms with E-state index in [1.807, 2.05) is 43.3 Å². The number of amides is 1. The molecule has 0 atom stereocenters. The van der Waals surface area contributed by atoms with E-state index in [0.717, 1.165) is 26.5 Å². The summed E-state index contributed by atoms with van der Waals surface area (Å²) in [7, 11) is 3.41. The van der Waals surface area contributed by atoms with E-state index in [2.05, 4.69) is 4.98 Å². The Bertz CT molecular complexity index is 874. The lowest BCUT2D eigenvalue weighted by molar-refractivity contribution is 0.0784. The number of thiazole rings is 1. The predicted molar refractivity (Wildman–Crippen MR) is 104 cm³/mol. The van der Waals surface area contributed by atoms with Crippen LogP contribution in [0, 0.1) is 0 Å². The molecule has 0 aliphatic heterocycles. The van der Waals surface area contributed by atoms with Crippen molar-refractivity contribution in [2.45, 2.75) is 20.1 Å². The number of fused-ring (bicyclic) bond motifs is 1. The van der Waals surface area contributed by atoms with Gasteiger partial charge in [-0.3, -0.25) is 4.79 Å². The SMILES string of the molecule is CCOCc1cc(C(=O)N(C)Cc2nc3ccccc3s2)ccc1OC. The molecule has 0 radical (unpaired) electrons. The summed E-state index contributed by atoms with van der Waals surface area (Å²) in [4.78, 5) is 19.1. The van der Waals surface area contributed by atoms with Gasteiger partial charge in [-0.25, -0.2) is 4.98 Å². The summed E-state index contributed by atoms with van der Waals surface area (Å²) < 4.78 is 12.0. The number of hydrogen-bond donors (Lipinski definition) is 0. The molecule has 3 aromatic rings. The molecule has 3 rings (SSSR count). The van der Waals surface area contributed by atoms with Gasteiger partial charge >= 0.3 is 0 Å². The highest BCUT2D eigenvalue weighted by atomic mass is 32.1. The first-order valence-electron chi connectivity index (χ1n) is 8.47. The maximum Gasteiger partial charge on any atom is 0.253 e. The molecule has 0 bridgehead atoms. The van der Waals surface area contributed by atoms with Crippen molar-refractivity contribution in [3.8, 4) is 5.75 Å². The van der Waals surface area contributed by atoms with E-state index >= 15 is 0 Å². The average molecular weight is 370 g/mol. The fraction of sp³-hybridized carbons (Fsp3) is 0.300. The second kappa shape index (κ2) is 8.29. The minimum atomic E-state index is -0.0512. The van der Waals surface area contributed by atoms with Crippen LogP contribution >= 0.6 is 11.3 Å². The van der Waals surface area contributed by atoms with Crippen molar-refractivity contribution in [1.82, 2.24) is 9.88 Å². The number of hydrogen-bond acceptors (Lipinski definition) is 5. The van der Waals surface area contributed by atoms with Crippen LogP contribution in [0.5, 0.6) is 5.75 Å². The zero-order chi connectivity index (χ0) is 18.5. The first-order valence-corrected chi connectivity index (χ1v) is 9.28. The van der Waals surface area contributed by atoms with E-state index in [1.165, 1.54) is 0 Å². The van der Waals surface area contributed by atoms with E-state index in [9.17, 15) is 4.79 Å². The van der Waals surface area contributed by atoms with Crippen molar-refractivity contribution in [2.24, 2.45) is 0 Å². The van der Waals surface area contributed by atoms with Crippen molar-refractivity contribution in [1.29, 1.82) is 0 Å². The van der Waals surface area contributed by atoms with Crippen LogP contribution in [-0.2, 0) is 17.9 Å².